The second-order valence-corrected chi connectivity index (χ2v) is 4.17. The van der Waals surface area contributed by atoms with Crippen LogP contribution in [-0.2, 0) is 5.54 Å². The average molecular weight is 190 g/mol. The first-order valence-corrected chi connectivity index (χ1v) is 5.29. The van der Waals surface area contributed by atoms with Crippen LogP contribution in [0.5, 0.6) is 0 Å². The first kappa shape index (κ1) is 9.69. The second kappa shape index (κ2) is 3.71. The highest BCUT2D eigenvalue weighted by molar-refractivity contribution is 5.33. The van der Waals surface area contributed by atoms with Crippen molar-refractivity contribution in [3.05, 3.63) is 35.4 Å². The normalized spacial score (nSPS) is 18.1. The van der Waals surface area contributed by atoms with E-state index in [1.165, 1.54) is 24.0 Å². The van der Waals surface area contributed by atoms with E-state index in [9.17, 15) is 0 Å². The van der Waals surface area contributed by atoms with Crippen molar-refractivity contribution in [2.45, 2.75) is 25.3 Å². The molecule has 2 heteroatoms. The van der Waals surface area contributed by atoms with Crippen LogP contribution in [-0.4, -0.2) is 13.1 Å². The summed E-state index contributed by atoms with van der Waals surface area (Å²) in [5.74, 6) is 0. The third-order valence-corrected chi connectivity index (χ3v) is 2.93. The molecule has 0 aromatic heterocycles. The summed E-state index contributed by atoms with van der Waals surface area (Å²) in [4.78, 5) is 0. The molecule has 0 atom stereocenters. The standard InChI is InChI=1S/C12H18N2/c1-10-3-2-4-11(9-10)12(5-6-12)14-8-7-13/h2-4,9,14H,5-8,13H2,1H3. The fraction of sp³-hybridized carbons (Fsp3) is 0.500. The number of nitrogens with two attached hydrogens (primary N) is 1. The molecule has 0 heterocycles. The first-order valence-electron chi connectivity index (χ1n) is 5.29. The summed E-state index contributed by atoms with van der Waals surface area (Å²) in [6.07, 6.45) is 2.49. The molecule has 1 aromatic carbocycles. The highest BCUT2D eigenvalue weighted by atomic mass is 15.0. The number of aryl methyl sites for hydroxylation is 1. The van der Waals surface area contributed by atoms with Crippen molar-refractivity contribution < 1.29 is 0 Å². The van der Waals surface area contributed by atoms with Crippen molar-refractivity contribution in [3.63, 3.8) is 0 Å². The van der Waals surface area contributed by atoms with Crippen LogP contribution in [0.2, 0.25) is 0 Å². The molecule has 0 radical (unpaired) electrons. The molecule has 1 saturated carbocycles. The van der Waals surface area contributed by atoms with Gasteiger partial charge in [-0.2, -0.15) is 0 Å². The van der Waals surface area contributed by atoms with Crippen LogP contribution >= 0.6 is 0 Å². The fourth-order valence-electron chi connectivity index (χ4n) is 1.95. The molecule has 0 amide bonds. The van der Waals surface area contributed by atoms with Crippen molar-refractivity contribution >= 4 is 0 Å². The predicted molar refractivity (Wildman–Crippen MR) is 59.1 cm³/mol. The van der Waals surface area contributed by atoms with Gasteiger partial charge in [0.05, 0.1) is 0 Å². The van der Waals surface area contributed by atoms with E-state index in [1.54, 1.807) is 0 Å². The van der Waals surface area contributed by atoms with Crippen LogP contribution in [0.1, 0.15) is 24.0 Å². The molecular formula is C12H18N2. The van der Waals surface area contributed by atoms with Gasteiger partial charge in [0.25, 0.3) is 0 Å². The Labute approximate surface area is 85.5 Å². The molecule has 0 saturated heterocycles. The minimum absolute atomic E-state index is 0.255. The zero-order valence-electron chi connectivity index (χ0n) is 8.72. The molecule has 14 heavy (non-hydrogen) atoms. The van der Waals surface area contributed by atoms with Gasteiger partial charge in [-0.3, -0.25) is 0 Å². The molecule has 1 aromatic rings. The van der Waals surface area contributed by atoms with Crippen LogP contribution in [0.4, 0.5) is 0 Å². The van der Waals surface area contributed by atoms with Gasteiger partial charge in [0.2, 0.25) is 0 Å². The number of nitrogens with one attached hydrogen (secondary N) is 1. The molecule has 0 aliphatic heterocycles. The lowest BCUT2D eigenvalue weighted by Gasteiger charge is -2.17. The number of benzene rings is 1. The molecular weight excluding hydrogens is 172 g/mol. The summed E-state index contributed by atoms with van der Waals surface area (Å²) >= 11 is 0. The van der Waals surface area contributed by atoms with E-state index in [0.29, 0.717) is 6.54 Å². The van der Waals surface area contributed by atoms with Crippen LogP contribution in [0, 0.1) is 6.92 Å². The maximum atomic E-state index is 5.51. The summed E-state index contributed by atoms with van der Waals surface area (Å²) in [7, 11) is 0. The van der Waals surface area contributed by atoms with Crippen LogP contribution in [0.15, 0.2) is 24.3 Å². The molecule has 0 spiro atoms. The van der Waals surface area contributed by atoms with Gasteiger partial charge in [0, 0.05) is 18.6 Å². The van der Waals surface area contributed by atoms with E-state index in [2.05, 4.69) is 36.5 Å². The van der Waals surface area contributed by atoms with Crippen molar-refractivity contribution in [2.75, 3.05) is 13.1 Å². The summed E-state index contributed by atoms with van der Waals surface area (Å²) < 4.78 is 0. The largest absolute Gasteiger partial charge is 0.329 e. The Balaban J connectivity index is 2.14. The van der Waals surface area contributed by atoms with E-state index in [0.717, 1.165) is 6.54 Å². The van der Waals surface area contributed by atoms with Crippen LogP contribution < -0.4 is 11.1 Å². The Morgan fingerprint density at radius 2 is 2.21 bits per heavy atom. The summed E-state index contributed by atoms with van der Waals surface area (Å²) in [5.41, 5.74) is 8.52. The van der Waals surface area contributed by atoms with Crippen LogP contribution in [0.3, 0.4) is 0 Å². The van der Waals surface area contributed by atoms with Gasteiger partial charge in [-0.1, -0.05) is 29.8 Å². The topological polar surface area (TPSA) is 38.0 Å². The van der Waals surface area contributed by atoms with Gasteiger partial charge >= 0.3 is 0 Å². The Morgan fingerprint density at radius 3 is 2.79 bits per heavy atom. The Morgan fingerprint density at radius 1 is 1.43 bits per heavy atom. The monoisotopic (exact) mass is 190 g/mol. The molecule has 1 aliphatic carbocycles. The van der Waals surface area contributed by atoms with Crippen LogP contribution in [0.25, 0.3) is 0 Å². The van der Waals surface area contributed by atoms with E-state index < -0.39 is 0 Å². The van der Waals surface area contributed by atoms with E-state index in [4.69, 9.17) is 5.73 Å². The minimum atomic E-state index is 0.255. The zero-order chi connectivity index (χ0) is 10.0. The van der Waals surface area contributed by atoms with Gasteiger partial charge in [-0.25, -0.2) is 0 Å². The third kappa shape index (κ3) is 1.81. The van der Waals surface area contributed by atoms with Crippen molar-refractivity contribution in [1.82, 2.24) is 5.32 Å². The first-order chi connectivity index (χ1) is 6.77. The quantitative estimate of drug-likeness (QED) is 0.755. The summed E-state index contributed by atoms with van der Waals surface area (Å²) in [5, 5.41) is 3.54. The maximum Gasteiger partial charge on any atom is 0.0436 e. The van der Waals surface area contributed by atoms with Gasteiger partial charge in [-0.05, 0) is 25.3 Å². The predicted octanol–water partition coefficient (Wildman–Crippen LogP) is 1.53. The lowest BCUT2D eigenvalue weighted by Crippen LogP contribution is -2.33. The molecule has 0 unspecified atom stereocenters. The van der Waals surface area contributed by atoms with Crippen molar-refractivity contribution in [3.8, 4) is 0 Å². The highest BCUT2D eigenvalue weighted by Crippen LogP contribution is 2.45. The van der Waals surface area contributed by atoms with Crippen molar-refractivity contribution in [2.24, 2.45) is 5.73 Å². The minimum Gasteiger partial charge on any atom is -0.329 e. The molecule has 2 rings (SSSR count). The smallest absolute Gasteiger partial charge is 0.0436 e. The van der Waals surface area contributed by atoms with Gasteiger partial charge in [-0.15, -0.1) is 0 Å². The molecule has 1 fully saturated rings. The number of hydrogen-bond acceptors (Lipinski definition) is 2. The zero-order valence-corrected chi connectivity index (χ0v) is 8.72. The van der Waals surface area contributed by atoms with Crippen molar-refractivity contribution in [1.29, 1.82) is 0 Å². The highest BCUT2D eigenvalue weighted by Gasteiger charge is 2.43. The summed E-state index contributed by atoms with van der Waals surface area (Å²) in [6.45, 7) is 3.77. The maximum absolute atomic E-state index is 5.51. The van der Waals surface area contributed by atoms with Gasteiger partial charge < -0.3 is 11.1 Å². The number of hydrogen-bond donors (Lipinski definition) is 2. The molecule has 1 aliphatic rings. The molecule has 2 nitrogen and oxygen atoms in total. The Hall–Kier alpha value is -0.860. The second-order valence-electron chi connectivity index (χ2n) is 4.17. The van der Waals surface area contributed by atoms with E-state index in [1.807, 2.05) is 0 Å². The number of rotatable bonds is 4. The van der Waals surface area contributed by atoms with E-state index >= 15 is 0 Å². The molecule has 3 N–H and O–H groups in total. The lowest BCUT2D eigenvalue weighted by atomic mass is 10.0. The van der Waals surface area contributed by atoms with Gasteiger partial charge in [0.1, 0.15) is 0 Å². The summed E-state index contributed by atoms with van der Waals surface area (Å²) in [6, 6.07) is 8.76. The Kier molecular flexibility index (Phi) is 2.57. The van der Waals surface area contributed by atoms with Gasteiger partial charge in [0.15, 0.2) is 0 Å². The molecule has 76 valence electrons. The fourth-order valence-corrected chi connectivity index (χ4v) is 1.95. The molecule has 0 bridgehead atoms. The lowest BCUT2D eigenvalue weighted by molar-refractivity contribution is 0.527. The average Bonchev–Trinajstić information content (AvgIpc) is 2.96. The Bertz CT molecular complexity index is 316. The third-order valence-electron chi connectivity index (χ3n) is 2.93. The SMILES string of the molecule is Cc1cccc(C2(NCCN)CC2)c1. The van der Waals surface area contributed by atoms with E-state index in [-0.39, 0.29) is 5.54 Å².